The molecule has 12 heteroatoms. The largest absolute Gasteiger partial charge is 0.301 e. The molecule has 1 aromatic heterocycles. The van der Waals surface area contributed by atoms with Crippen molar-refractivity contribution in [3.8, 4) is 5.69 Å². The van der Waals surface area contributed by atoms with E-state index in [0.717, 1.165) is 17.8 Å². The number of nitrogens with zero attached hydrogens (tertiary/aromatic N) is 7. The fourth-order valence-electron chi connectivity index (χ4n) is 2.22. The zero-order valence-corrected chi connectivity index (χ0v) is 13.7. The van der Waals surface area contributed by atoms with Crippen molar-refractivity contribution in [1.29, 1.82) is 0 Å². The molecular weight excluding hydrogens is 356 g/mol. The van der Waals surface area contributed by atoms with Crippen molar-refractivity contribution in [2.24, 2.45) is 5.10 Å². The molecule has 3 aromatic rings. The lowest BCUT2D eigenvalue weighted by molar-refractivity contribution is -0.393. The van der Waals surface area contributed by atoms with Crippen molar-refractivity contribution in [3.63, 3.8) is 0 Å². The molecular formula is C15H12N8O4. The van der Waals surface area contributed by atoms with Gasteiger partial charge in [0.1, 0.15) is 5.69 Å². The molecule has 0 aliphatic rings. The number of anilines is 1. The average Bonchev–Trinajstić information content (AvgIpc) is 3.14. The zero-order chi connectivity index (χ0) is 19.2. The summed E-state index contributed by atoms with van der Waals surface area (Å²) in [6.07, 6.45) is 1.70. The maximum absolute atomic E-state index is 11.1. The van der Waals surface area contributed by atoms with Crippen LogP contribution < -0.4 is 5.43 Å². The first kappa shape index (κ1) is 17.6. The van der Waals surface area contributed by atoms with E-state index in [2.05, 4.69) is 26.1 Å². The summed E-state index contributed by atoms with van der Waals surface area (Å²) in [7, 11) is 0. The Hall–Kier alpha value is -4.22. The van der Waals surface area contributed by atoms with Gasteiger partial charge in [-0.2, -0.15) is 9.78 Å². The number of nitrogens with one attached hydrogen (secondary N) is 1. The molecule has 0 aliphatic heterocycles. The first-order valence-electron chi connectivity index (χ1n) is 7.59. The summed E-state index contributed by atoms with van der Waals surface area (Å²) in [4.78, 5) is 20.4. The van der Waals surface area contributed by atoms with Crippen LogP contribution in [0, 0.1) is 20.2 Å². The molecule has 1 N–H and O–H groups in total. The highest BCUT2D eigenvalue weighted by Gasteiger charge is 2.19. The molecule has 0 aliphatic carbocycles. The van der Waals surface area contributed by atoms with Crippen molar-refractivity contribution in [3.05, 3.63) is 74.6 Å². The monoisotopic (exact) mass is 368 g/mol. The number of rotatable bonds is 7. The summed E-state index contributed by atoms with van der Waals surface area (Å²) in [5.74, 6) is 0.518. The second-order valence-electron chi connectivity index (χ2n) is 5.19. The van der Waals surface area contributed by atoms with Gasteiger partial charge in [-0.25, -0.2) is 0 Å². The van der Waals surface area contributed by atoms with E-state index in [1.165, 1.54) is 12.3 Å². The Morgan fingerprint density at radius 1 is 1.11 bits per heavy atom. The SMILES string of the molecule is O=[N+]([O-])c1ccc(NN=CCc2nnnn2-c2ccccc2)c([N+](=O)[O-])c1. The summed E-state index contributed by atoms with van der Waals surface area (Å²) in [5.41, 5.74) is 2.50. The summed E-state index contributed by atoms with van der Waals surface area (Å²) in [6, 6.07) is 12.5. The highest BCUT2D eigenvalue weighted by Crippen LogP contribution is 2.28. The molecule has 12 nitrogen and oxygen atoms in total. The van der Waals surface area contributed by atoms with Gasteiger partial charge >= 0.3 is 5.69 Å². The number of nitro benzene ring substituents is 2. The van der Waals surface area contributed by atoms with Crippen LogP contribution >= 0.6 is 0 Å². The number of para-hydroxylation sites is 1. The van der Waals surface area contributed by atoms with Gasteiger partial charge in [-0.15, -0.1) is 5.10 Å². The quantitative estimate of drug-likeness (QED) is 0.378. The summed E-state index contributed by atoms with van der Waals surface area (Å²) in [6.45, 7) is 0. The molecule has 0 bridgehead atoms. The van der Waals surface area contributed by atoms with Gasteiger partial charge in [-0.05, 0) is 28.6 Å². The minimum Gasteiger partial charge on any atom is -0.272 e. The van der Waals surface area contributed by atoms with Crippen LogP contribution in [0.25, 0.3) is 5.69 Å². The molecule has 27 heavy (non-hydrogen) atoms. The lowest BCUT2D eigenvalue weighted by Crippen LogP contribution is -2.04. The number of nitro groups is 2. The Balaban J connectivity index is 1.72. The first-order chi connectivity index (χ1) is 13.1. The van der Waals surface area contributed by atoms with Gasteiger partial charge in [0, 0.05) is 18.7 Å². The Morgan fingerprint density at radius 2 is 1.89 bits per heavy atom. The third-order valence-corrected chi connectivity index (χ3v) is 3.47. The molecule has 0 unspecified atom stereocenters. The smallest absolute Gasteiger partial charge is 0.272 e. The van der Waals surface area contributed by atoms with Crippen LogP contribution in [-0.2, 0) is 6.42 Å². The molecule has 0 radical (unpaired) electrons. The lowest BCUT2D eigenvalue weighted by atomic mass is 10.2. The van der Waals surface area contributed by atoms with Gasteiger partial charge in [-0.3, -0.25) is 25.7 Å². The molecule has 3 rings (SSSR count). The maximum atomic E-state index is 11.1. The van der Waals surface area contributed by atoms with Crippen LogP contribution in [0.4, 0.5) is 17.1 Å². The van der Waals surface area contributed by atoms with Gasteiger partial charge in [0.25, 0.3) is 5.69 Å². The number of non-ortho nitro benzene ring substituents is 1. The average molecular weight is 368 g/mol. The predicted octanol–water partition coefficient (Wildman–Crippen LogP) is 2.12. The Bertz CT molecular complexity index is 1000. The van der Waals surface area contributed by atoms with Crippen molar-refractivity contribution < 1.29 is 9.85 Å². The Morgan fingerprint density at radius 3 is 2.59 bits per heavy atom. The van der Waals surface area contributed by atoms with E-state index in [1.54, 1.807) is 4.68 Å². The van der Waals surface area contributed by atoms with Gasteiger partial charge in [0.2, 0.25) is 0 Å². The van der Waals surface area contributed by atoms with E-state index in [4.69, 9.17) is 0 Å². The number of tetrazole rings is 1. The third-order valence-electron chi connectivity index (χ3n) is 3.47. The highest BCUT2D eigenvalue weighted by molar-refractivity contribution is 5.68. The van der Waals surface area contributed by atoms with E-state index in [1.807, 2.05) is 30.3 Å². The van der Waals surface area contributed by atoms with Crippen LogP contribution in [0.15, 0.2) is 53.6 Å². The van der Waals surface area contributed by atoms with E-state index in [-0.39, 0.29) is 17.8 Å². The van der Waals surface area contributed by atoms with E-state index in [0.29, 0.717) is 5.82 Å². The second-order valence-corrected chi connectivity index (χ2v) is 5.19. The summed E-state index contributed by atoms with van der Waals surface area (Å²) < 4.78 is 1.54. The van der Waals surface area contributed by atoms with Crippen LogP contribution in [0.1, 0.15) is 5.82 Å². The highest BCUT2D eigenvalue weighted by atomic mass is 16.6. The van der Waals surface area contributed by atoms with Crippen LogP contribution in [0.2, 0.25) is 0 Å². The number of aromatic nitrogens is 4. The van der Waals surface area contributed by atoms with Gasteiger partial charge < -0.3 is 0 Å². The fourth-order valence-corrected chi connectivity index (χ4v) is 2.22. The predicted molar refractivity (Wildman–Crippen MR) is 94.7 cm³/mol. The molecule has 136 valence electrons. The minimum atomic E-state index is -0.721. The molecule has 1 heterocycles. The molecule has 0 saturated heterocycles. The molecule has 0 atom stereocenters. The molecule has 2 aromatic carbocycles. The number of benzene rings is 2. The second kappa shape index (κ2) is 7.77. The van der Waals surface area contributed by atoms with E-state index in [9.17, 15) is 20.2 Å². The van der Waals surface area contributed by atoms with Gasteiger partial charge in [0.05, 0.1) is 21.6 Å². The third kappa shape index (κ3) is 4.07. The molecule has 0 fully saturated rings. The van der Waals surface area contributed by atoms with Crippen LogP contribution in [0.3, 0.4) is 0 Å². The van der Waals surface area contributed by atoms with Crippen molar-refractivity contribution >= 4 is 23.3 Å². The minimum absolute atomic E-state index is 0.0319. The topological polar surface area (TPSA) is 154 Å². The Labute approximate surface area is 151 Å². The van der Waals surface area contributed by atoms with Crippen LogP contribution in [-0.4, -0.2) is 36.3 Å². The summed E-state index contributed by atoms with van der Waals surface area (Å²) >= 11 is 0. The fraction of sp³-hybridized carbons (Fsp3) is 0.0667. The number of hydrazone groups is 1. The molecule has 0 saturated carbocycles. The van der Waals surface area contributed by atoms with Gasteiger partial charge in [-0.1, -0.05) is 18.2 Å². The lowest BCUT2D eigenvalue weighted by Gasteiger charge is -2.03. The molecule has 0 spiro atoms. The van der Waals surface area contributed by atoms with Crippen LogP contribution in [0.5, 0.6) is 0 Å². The standard InChI is InChI=1S/C15H12N8O4/c24-22(25)12-6-7-13(14(10-12)23(26)27)17-16-9-8-15-18-19-20-21(15)11-4-2-1-3-5-11/h1-7,9-10,17H,8H2. The van der Waals surface area contributed by atoms with Crippen molar-refractivity contribution in [1.82, 2.24) is 20.2 Å². The Kier molecular flexibility index (Phi) is 5.07. The maximum Gasteiger partial charge on any atom is 0.301 e. The zero-order valence-electron chi connectivity index (χ0n) is 13.7. The molecule has 0 amide bonds. The normalized spacial score (nSPS) is 10.8. The number of hydrogen-bond acceptors (Lipinski definition) is 9. The summed E-state index contributed by atoms with van der Waals surface area (Å²) in [5, 5.41) is 37.2. The van der Waals surface area contributed by atoms with Crippen molar-refractivity contribution in [2.45, 2.75) is 6.42 Å². The van der Waals surface area contributed by atoms with E-state index < -0.39 is 15.5 Å². The van der Waals surface area contributed by atoms with Gasteiger partial charge in [0.15, 0.2) is 5.82 Å². The van der Waals surface area contributed by atoms with E-state index >= 15 is 0 Å². The number of hydrogen-bond donors (Lipinski definition) is 1. The first-order valence-corrected chi connectivity index (χ1v) is 7.59. The van der Waals surface area contributed by atoms with Crippen molar-refractivity contribution in [2.75, 3.05) is 5.43 Å².